The Morgan fingerprint density at radius 2 is 2.06 bits per heavy atom. The number of nitrogens with zero attached hydrogens (tertiary/aromatic N) is 1. The van der Waals surface area contributed by atoms with Gasteiger partial charge in [0.2, 0.25) is 0 Å². The Kier molecular flexibility index (Phi) is 2.72. The second kappa shape index (κ2) is 3.90. The van der Waals surface area contributed by atoms with E-state index in [9.17, 15) is 12.3 Å². The molecular weight excluding hydrogens is 245 g/mol. The smallest absolute Gasteiger partial charge is 0.304 e. The van der Waals surface area contributed by atoms with Gasteiger partial charge in [-0.1, -0.05) is 0 Å². The maximum atomic E-state index is 12.9. The van der Waals surface area contributed by atoms with Crippen LogP contribution in [0.4, 0.5) is 3.89 Å². The molecule has 17 heavy (non-hydrogen) atoms. The molecule has 0 aromatic rings. The number of hydrogen-bond acceptors (Lipinski definition) is 4. The molecule has 98 valence electrons. The lowest BCUT2D eigenvalue weighted by atomic mass is 9.63. The third-order valence-electron chi connectivity index (χ3n) is 4.80. The van der Waals surface area contributed by atoms with Gasteiger partial charge in [0.15, 0.2) is 0 Å². The van der Waals surface area contributed by atoms with Crippen LogP contribution in [-0.4, -0.2) is 51.4 Å². The summed E-state index contributed by atoms with van der Waals surface area (Å²) in [5, 5.41) is 0. The summed E-state index contributed by atoms with van der Waals surface area (Å²) < 4.78 is 40.1. The highest BCUT2D eigenvalue weighted by Gasteiger charge is 2.55. The Bertz CT molecular complexity index is 405. The van der Waals surface area contributed by atoms with Gasteiger partial charge < -0.3 is 9.64 Å². The fourth-order valence-corrected chi connectivity index (χ4v) is 4.76. The van der Waals surface area contributed by atoms with Crippen LogP contribution in [0.25, 0.3) is 0 Å². The average Bonchev–Trinajstić information content (AvgIpc) is 2.61. The highest BCUT2D eigenvalue weighted by atomic mass is 32.3. The Balaban J connectivity index is 1.85. The Morgan fingerprint density at radius 3 is 2.59 bits per heavy atom. The summed E-state index contributed by atoms with van der Waals surface area (Å²) in [5.74, 6) is 0.0545. The summed E-state index contributed by atoms with van der Waals surface area (Å²) in [4.78, 5) is 2.37. The zero-order chi connectivity index (χ0) is 12.1. The van der Waals surface area contributed by atoms with Crippen molar-refractivity contribution >= 4 is 10.2 Å². The second-order valence-corrected chi connectivity index (χ2v) is 7.01. The SMILES string of the molecule is O=S(=O)(F)CC1OCCC12CN1CCC2CC1. The molecule has 2 atom stereocenters. The fourth-order valence-electron chi connectivity index (χ4n) is 3.97. The van der Waals surface area contributed by atoms with E-state index in [0.717, 1.165) is 38.9 Å². The van der Waals surface area contributed by atoms with Crippen molar-refractivity contribution in [2.24, 2.45) is 11.3 Å². The van der Waals surface area contributed by atoms with Crippen molar-refractivity contribution in [2.75, 3.05) is 32.0 Å². The van der Waals surface area contributed by atoms with Gasteiger partial charge in [-0.05, 0) is 38.3 Å². The summed E-state index contributed by atoms with van der Waals surface area (Å²) >= 11 is 0. The van der Waals surface area contributed by atoms with E-state index in [1.807, 2.05) is 0 Å². The molecule has 6 heteroatoms. The van der Waals surface area contributed by atoms with Crippen molar-refractivity contribution in [3.63, 3.8) is 0 Å². The van der Waals surface area contributed by atoms with E-state index in [2.05, 4.69) is 4.90 Å². The lowest BCUT2D eigenvalue weighted by Crippen LogP contribution is -2.58. The van der Waals surface area contributed by atoms with E-state index in [4.69, 9.17) is 4.74 Å². The maximum absolute atomic E-state index is 12.9. The molecule has 1 spiro atoms. The summed E-state index contributed by atoms with van der Waals surface area (Å²) in [6.07, 6.45) is 2.65. The third-order valence-corrected chi connectivity index (χ3v) is 5.50. The molecule has 2 unspecified atom stereocenters. The molecule has 0 aromatic heterocycles. The number of piperidine rings is 3. The highest BCUT2D eigenvalue weighted by molar-refractivity contribution is 7.86. The first kappa shape index (κ1) is 11.9. The van der Waals surface area contributed by atoms with E-state index < -0.39 is 22.1 Å². The van der Waals surface area contributed by atoms with E-state index in [1.54, 1.807) is 0 Å². The molecule has 4 rings (SSSR count). The quantitative estimate of drug-likeness (QED) is 0.691. The van der Waals surface area contributed by atoms with Gasteiger partial charge >= 0.3 is 10.2 Å². The van der Waals surface area contributed by atoms with Gasteiger partial charge in [0.05, 0.1) is 6.10 Å². The molecule has 0 saturated carbocycles. The zero-order valence-electron chi connectivity index (χ0n) is 9.77. The third kappa shape index (κ3) is 2.00. The molecule has 4 aliphatic heterocycles. The summed E-state index contributed by atoms with van der Waals surface area (Å²) in [7, 11) is -4.44. The predicted molar refractivity (Wildman–Crippen MR) is 60.8 cm³/mol. The van der Waals surface area contributed by atoms with Gasteiger partial charge in [-0.15, -0.1) is 3.89 Å². The van der Waals surface area contributed by atoms with Crippen LogP contribution in [-0.2, 0) is 15.0 Å². The van der Waals surface area contributed by atoms with Gasteiger partial charge in [-0.25, -0.2) is 0 Å². The molecule has 0 radical (unpaired) electrons. The molecule has 4 saturated heterocycles. The highest BCUT2D eigenvalue weighted by Crippen LogP contribution is 2.51. The Labute approximate surface area is 101 Å². The number of hydrogen-bond donors (Lipinski definition) is 0. The molecule has 4 fully saturated rings. The lowest BCUT2D eigenvalue weighted by molar-refractivity contribution is -0.0667. The molecular formula is C11H18FNO3S. The van der Waals surface area contributed by atoms with E-state index in [0.29, 0.717) is 12.5 Å². The van der Waals surface area contributed by atoms with Crippen molar-refractivity contribution in [3.05, 3.63) is 0 Å². The van der Waals surface area contributed by atoms with Crippen molar-refractivity contribution in [3.8, 4) is 0 Å². The largest absolute Gasteiger partial charge is 0.376 e. The standard InChI is InChI=1S/C11H18FNO3S/c12-17(14,15)7-10-11(3-6-16-10)8-13-4-1-9(11)2-5-13/h9-10H,1-8H2. The van der Waals surface area contributed by atoms with Gasteiger partial charge in [-0.2, -0.15) is 8.42 Å². The van der Waals surface area contributed by atoms with Crippen LogP contribution in [0.15, 0.2) is 0 Å². The molecule has 4 aliphatic rings. The zero-order valence-corrected chi connectivity index (χ0v) is 10.6. The topological polar surface area (TPSA) is 46.6 Å². The van der Waals surface area contributed by atoms with Crippen molar-refractivity contribution in [1.82, 2.24) is 4.90 Å². The van der Waals surface area contributed by atoms with Gasteiger partial charge in [0, 0.05) is 18.6 Å². The predicted octanol–water partition coefficient (Wildman–Crippen LogP) is 0.787. The van der Waals surface area contributed by atoms with Crippen molar-refractivity contribution in [2.45, 2.75) is 25.4 Å². The summed E-state index contributed by atoms with van der Waals surface area (Å²) in [6.45, 7) is 3.66. The first-order valence-electron chi connectivity index (χ1n) is 6.26. The van der Waals surface area contributed by atoms with E-state index in [-0.39, 0.29) is 5.41 Å². The van der Waals surface area contributed by atoms with Crippen LogP contribution >= 0.6 is 0 Å². The van der Waals surface area contributed by atoms with Crippen molar-refractivity contribution in [1.29, 1.82) is 0 Å². The Hall–Kier alpha value is -0.200. The summed E-state index contributed by atoms with van der Waals surface area (Å²) in [6, 6.07) is 0. The van der Waals surface area contributed by atoms with Crippen LogP contribution in [0.2, 0.25) is 0 Å². The Morgan fingerprint density at radius 1 is 1.35 bits per heavy atom. The maximum Gasteiger partial charge on any atom is 0.304 e. The fraction of sp³-hybridized carbons (Fsp3) is 1.00. The van der Waals surface area contributed by atoms with E-state index in [1.165, 1.54) is 0 Å². The van der Waals surface area contributed by atoms with Crippen LogP contribution < -0.4 is 0 Å². The second-order valence-electron chi connectivity index (χ2n) is 5.60. The number of fused-ring (bicyclic) bond motifs is 2. The normalized spacial score (nSPS) is 45.6. The number of ether oxygens (including phenoxy) is 1. The first-order valence-corrected chi connectivity index (χ1v) is 7.81. The lowest BCUT2D eigenvalue weighted by Gasteiger charge is -2.53. The van der Waals surface area contributed by atoms with Gasteiger partial charge in [-0.3, -0.25) is 0 Å². The van der Waals surface area contributed by atoms with Crippen LogP contribution in [0, 0.1) is 11.3 Å². The molecule has 0 aliphatic carbocycles. The first-order chi connectivity index (χ1) is 8.00. The van der Waals surface area contributed by atoms with Gasteiger partial charge in [0.1, 0.15) is 5.75 Å². The van der Waals surface area contributed by atoms with Crippen LogP contribution in [0.3, 0.4) is 0 Å². The molecule has 4 nitrogen and oxygen atoms in total. The summed E-state index contributed by atoms with van der Waals surface area (Å²) in [5.41, 5.74) is -0.102. The molecule has 0 aromatic carbocycles. The number of halogens is 1. The van der Waals surface area contributed by atoms with Gasteiger partial charge in [0.25, 0.3) is 0 Å². The van der Waals surface area contributed by atoms with Crippen LogP contribution in [0.5, 0.6) is 0 Å². The number of rotatable bonds is 2. The van der Waals surface area contributed by atoms with E-state index >= 15 is 0 Å². The molecule has 0 N–H and O–H groups in total. The minimum atomic E-state index is -4.44. The molecule has 2 bridgehead atoms. The molecule has 0 amide bonds. The molecule has 4 heterocycles. The average molecular weight is 263 g/mol. The monoisotopic (exact) mass is 263 g/mol. The minimum Gasteiger partial charge on any atom is -0.376 e. The minimum absolute atomic E-state index is 0.102. The van der Waals surface area contributed by atoms with Crippen LogP contribution in [0.1, 0.15) is 19.3 Å². The van der Waals surface area contributed by atoms with Crippen molar-refractivity contribution < 1.29 is 17.0 Å².